The number of nitrogens with zero attached hydrogens (tertiary/aromatic N) is 2. The van der Waals surface area contributed by atoms with Gasteiger partial charge in [0.2, 0.25) is 5.82 Å². The first-order valence-corrected chi connectivity index (χ1v) is 9.71. The molecule has 0 fully saturated rings. The van der Waals surface area contributed by atoms with Crippen molar-refractivity contribution < 1.29 is 15.2 Å². The van der Waals surface area contributed by atoms with E-state index in [9.17, 15) is 9.90 Å². The molecule has 2 N–H and O–H groups in total. The quantitative estimate of drug-likeness (QED) is 0.836. The van der Waals surface area contributed by atoms with Crippen molar-refractivity contribution in [3.05, 3.63) is 16.8 Å². The van der Waals surface area contributed by atoms with E-state index in [1.165, 1.54) is 29.6 Å². The fourth-order valence-electron chi connectivity index (χ4n) is 2.95. The zero-order valence-corrected chi connectivity index (χ0v) is 14.1. The highest BCUT2D eigenvalue weighted by Gasteiger charge is 2.24. The fourth-order valence-corrected chi connectivity index (χ4v) is 4.67. The highest BCUT2D eigenvalue weighted by atomic mass is 32.2. The van der Waals surface area contributed by atoms with Crippen LogP contribution >= 0.6 is 23.1 Å². The van der Waals surface area contributed by atoms with Crippen LogP contribution in [-0.4, -0.2) is 34.0 Å². The number of hydrogen-bond donors (Lipinski definition) is 1. The SMILES string of the molecule is CSCC[C@H]([NH2+]c1ncnc2sc3c(c12)CCCC3)C(=O)[O-]. The first-order chi connectivity index (χ1) is 10.7. The summed E-state index contributed by atoms with van der Waals surface area (Å²) in [7, 11) is 0. The largest absolute Gasteiger partial charge is 0.544 e. The van der Waals surface area contributed by atoms with Crippen LogP contribution in [0, 0.1) is 0 Å². The summed E-state index contributed by atoms with van der Waals surface area (Å²) in [6, 6.07) is -0.593. The monoisotopic (exact) mass is 337 g/mol. The summed E-state index contributed by atoms with van der Waals surface area (Å²) in [5.41, 5.74) is 1.33. The standard InChI is InChI=1S/C15H19N3O2S2/c1-21-7-6-10(15(19)20)18-13-12-9-4-2-3-5-11(9)22-14(12)17-8-16-13/h8,10H,2-7H2,1H3,(H,19,20)(H,16,17,18)/t10-/m0/s1. The molecule has 0 amide bonds. The number of thiophene rings is 1. The van der Waals surface area contributed by atoms with Gasteiger partial charge >= 0.3 is 0 Å². The van der Waals surface area contributed by atoms with Crippen LogP contribution in [0.5, 0.6) is 0 Å². The lowest BCUT2D eigenvalue weighted by Crippen LogP contribution is -2.88. The van der Waals surface area contributed by atoms with Gasteiger partial charge < -0.3 is 9.90 Å². The molecule has 0 bridgehead atoms. The van der Waals surface area contributed by atoms with Crippen LogP contribution in [0.15, 0.2) is 6.33 Å². The average Bonchev–Trinajstić information content (AvgIpc) is 2.90. The zero-order chi connectivity index (χ0) is 15.5. The fraction of sp³-hybridized carbons (Fsp3) is 0.533. The smallest absolute Gasteiger partial charge is 0.237 e. The Morgan fingerprint density at radius 3 is 3.05 bits per heavy atom. The molecule has 2 heterocycles. The summed E-state index contributed by atoms with van der Waals surface area (Å²) in [6.07, 6.45) is 8.64. The zero-order valence-electron chi connectivity index (χ0n) is 12.5. The maximum atomic E-state index is 11.4. The summed E-state index contributed by atoms with van der Waals surface area (Å²) in [4.78, 5) is 22.5. The lowest BCUT2D eigenvalue weighted by molar-refractivity contribution is -0.609. The van der Waals surface area contributed by atoms with Crippen LogP contribution in [0.25, 0.3) is 10.2 Å². The Balaban J connectivity index is 1.95. The van der Waals surface area contributed by atoms with Gasteiger partial charge in [-0.05, 0) is 43.3 Å². The maximum absolute atomic E-state index is 11.4. The Labute approximate surface area is 137 Å². The third-order valence-electron chi connectivity index (χ3n) is 4.08. The van der Waals surface area contributed by atoms with Crippen LogP contribution in [0.2, 0.25) is 0 Å². The molecule has 0 unspecified atom stereocenters. The number of nitrogens with two attached hydrogens (primary N) is 1. The van der Waals surface area contributed by atoms with Crippen LogP contribution in [0.4, 0.5) is 5.82 Å². The number of aryl methyl sites for hydroxylation is 2. The van der Waals surface area contributed by atoms with Crippen molar-refractivity contribution in [1.29, 1.82) is 0 Å². The number of aromatic nitrogens is 2. The predicted molar refractivity (Wildman–Crippen MR) is 87.4 cm³/mol. The van der Waals surface area contributed by atoms with Gasteiger partial charge in [-0.25, -0.2) is 4.98 Å². The molecule has 0 saturated carbocycles. The lowest BCUT2D eigenvalue weighted by Gasteiger charge is -2.16. The van der Waals surface area contributed by atoms with Gasteiger partial charge in [-0.3, -0.25) is 5.32 Å². The van der Waals surface area contributed by atoms with Gasteiger partial charge in [-0.1, -0.05) is 0 Å². The van der Waals surface area contributed by atoms with Crippen molar-refractivity contribution in [2.75, 3.05) is 12.0 Å². The molecule has 0 spiro atoms. The van der Waals surface area contributed by atoms with Gasteiger partial charge in [0.25, 0.3) is 0 Å². The minimum atomic E-state index is -1.02. The van der Waals surface area contributed by atoms with E-state index in [1.807, 2.05) is 6.26 Å². The van der Waals surface area contributed by atoms with E-state index in [4.69, 9.17) is 0 Å². The molecule has 2 aromatic rings. The number of thioether (sulfide) groups is 1. The van der Waals surface area contributed by atoms with Crippen molar-refractivity contribution in [2.45, 2.75) is 38.1 Å². The van der Waals surface area contributed by atoms with Crippen molar-refractivity contribution in [2.24, 2.45) is 0 Å². The van der Waals surface area contributed by atoms with Crippen LogP contribution in [0.1, 0.15) is 29.7 Å². The first kappa shape index (κ1) is 15.7. The van der Waals surface area contributed by atoms with E-state index < -0.39 is 12.0 Å². The van der Waals surface area contributed by atoms with E-state index in [-0.39, 0.29) is 0 Å². The van der Waals surface area contributed by atoms with E-state index >= 15 is 0 Å². The van der Waals surface area contributed by atoms with Crippen molar-refractivity contribution >= 4 is 45.1 Å². The van der Waals surface area contributed by atoms with Crippen LogP contribution < -0.4 is 10.4 Å². The van der Waals surface area contributed by atoms with Gasteiger partial charge in [0.15, 0.2) is 0 Å². The van der Waals surface area contributed by atoms with Gasteiger partial charge in [-0.2, -0.15) is 16.7 Å². The predicted octanol–water partition coefficient (Wildman–Crippen LogP) is 0.637. The first-order valence-electron chi connectivity index (χ1n) is 7.50. The number of carbonyl (C=O) groups is 1. The van der Waals surface area contributed by atoms with Gasteiger partial charge in [-0.15, -0.1) is 11.3 Å². The third-order valence-corrected chi connectivity index (χ3v) is 5.92. The summed E-state index contributed by atoms with van der Waals surface area (Å²) >= 11 is 3.37. The molecule has 0 saturated heterocycles. The molecule has 5 nitrogen and oxygen atoms in total. The van der Waals surface area contributed by atoms with Crippen molar-refractivity contribution in [3.63, 3.8) is 0 Å². The number of carboxylic acids is 1. The average molecular weight is 337 g/mol. The number of carbonyl (C=O) groups excluding carboxylic acids is 1. The Hall–Kier alpha value is -1.18. The molecule has 7 heteroatoms. The molecule has 1 aliphatic rings. The molecule has 3 rings (SSSR count). The van der Waals surface area contributed by atoms with Gasteiger partial charge in [0.1, 0.15) is 17.2 Å². The summed E-state index contributed by atoms with van der Waals surface area (Å²) in [5.74, 6) is 0.537. The number of fused-ring (bicyclic) bond motifs is 3. The summed E-state index contributed by atoms with van der Waals surface area (Å²) in [6.45, 7) is 0. The van der Waals surface area contributed by atoms with E-state index in [0.29, 0.717) is 6.42 Å². The number of hydrogen-bond acceptors (Lipinski definition) is 6. The topological polar surface area (TPSA) is 82.5 Å². The minimum Gasteiger partial charge on any atom is -0.544 e. The molecule has 0 aliphatic heterocycles. The summed E-state index contributed by atoms with van der Waals surface area (Å²) in [5, 5.41) is 14.2. The lowest BCUT2D eigenvalue weighted by atomic mass is 9.97. The highest BCUT2D eigenvalue weighted by molar-refractivity contribution is 7.98. The normalized spacial score (nSPS) is 15.7. The van der Waals surface area contributed by atoms with Gasteiger partial charge in [0.05, 0.1) is 11.4 Å². The molecule has 1 aliphatic carbocycles. The maximum Gasteiger partial charge on any atom is 0.237 e. The highest BCUT2D eigenvalue weighted by Crippen LogP contribution is 2.36. The number of carboxylic acid groups (broad SMARTS) is 1. The molecule has 118 valence electrons. The second kappa shape index (κ2) is 6.93. The Morgan fingerprint density at radius 1 is 1.45 bits per heavy atom. The molecule has 2 aromatic heterocycles. The minimum absolute atomic E-state index is 0.571. The molecular weight excluding hydrogens is 318 g/mol. The third kappa shape index (κ3) is 3.11. The van der Waals surface area contributed by atoms with E-state index in [2.05, 4.69) is 9.97 Å². The second-order valence-corrected chi connectivity index (χ2v) is 7.59. The number of rotatable bonds is 6. The van der Waals surface area contributed by atoms with Crippen molar-refractivity contribution in [3.8, 4) is 0 Å². The van der Waals surface area contributed by atoms with E-state index in [1.54, 1.807) is 28.4 Å². The molecule has 0 radical (unpaired) electrons. The Kier molecular flexibility index (Phi) is 4.95. The van der Waals surface area contributed by atoms with E-state index in [0.717, 1.165) is 34.6 Å². The van der Waals surface area contributed by atoms with Crippen LogP contribution in [-0.2, 0) is 17.6 Å². The molecule has 1 atom stereocenters. The molecule has 22 heavy (non-hydrogen) atoms. The van der Waals surface area contributed by atoms with Gasteiger partial charge in [0, 0.05) is 11.3 Å². The second-order valence-electron chi connectivity index (χ2n) is 5.52. The molecular formula is C15H19N3O2S2. The van der Waals surface area contributed by atoms with Crippen LogP contribution in [0.3, 0.4) is 0 Å². The summed E-state index contributed by atoms with van der Waals surface area (Å²) < 4.78 is 0. The molecule has 0 aromatic carbocycles. The Morgan fingerprint density at radius 2 is 2.27 bits per heavy atom. The number of quaternary nitrogens is 1. The Bertz CT molecular complexity index is 687. The number of aliphatic carboxylic acids is 1. The van der Waals surface area contributed by atoms with Crippen molar-refractivity contribution in [1.82, 2.24) is 9.97 Å².